The molecule has 0 spiro atoms. The highest BCUT2D eigenvalue weighted by Gasteiger charge is 2.17. The van der Waals surface area contributed by atoms with Gasteiger partial charge in [0.15, 0.2) is 5.84 Å². The van der Waals surface area contributed by atoms with Gasteiger partial charge in [0.25, 0.3) is 10.0 Å². The third kappa shape index (κ3) is 5.55. The van der Waals surface area contributed by atoms with Crippen LogP contribution in [0, 0.1) is 6.92 Å². The fraction of sp³-hybridized carbons (Fsp3) is 0.130. The first-order valence-electron chi connectivity index (χ1n) is 9.33. The molecule has 0 atom stereocenters. The molecule has 154 valence electrons. The summed E-state index contributed by atoms with van der Waals surface area (Å²) in [6.07, 6.45) is 0. The van der Waals surface area contributed by atoms with Crippen LogP contribution < -0.4 is 0 Å². The van der Waals surface area contributed by atoms with Gasteiger partial charge in [0.2, 0.25) is 5.90 Å². The quantitative estimate of drug-likeness (QED) is 0.401. The molecule has 0 aliphatic carbocycles. The average Bonchev–Trinajstić information content (AvgIpc) is 2.74. The van der Waals surface area contributed by atoms with Crippen LogP contribution in [0.3, 0.4) is 0 Å². The van der Waals surface area contributed by atoms with E-state index in [1.165, 1.54) is 24.3 Å². The SMILES string of the molecule is CCOC(=NC(=NS(=O)(=O)c1ccc(Cl)cc1)c1ccccc1)c1ccc(C)cc1. The fourth-order valence-corrected chi connectivity index (χ4v) is 3.69. The van der Waals surface area contributed by atoms with Crippen LogP contribution in [0.1, 0.15) is 23.6 Å². The van der Waals surface area contributed by atoms with Crippen LogP contribution in [0.5, 0.6) is 0 Å². The number of halogens is 1. The molecule has 3 aromatic carbocycles. The minimum atomic E-state index is -4.01. The maximum absolute atomic E-state index is 12.9. The molecule has 0 saturated heterocycles. The first kappa shape index (κ1) is 21.7. The lowest BCUT2D eigenvalue weighted by Crippen LogP contribution is -2.12. The summed E-state index contributed by atoms with van der Waals surface area (Å²) >= 11 is 5.88. The molecule has 0 aliphatic rings. The lowest BCUT2D eigenvalue weighted by molar-refractivity contribution is 0.329. The summed E-state index contributed by atoms with van der Waals surface area (Å²) in [5.74, 6) is 0.334. The van der Waals surface area contributed by atoms with Crippen molar-refractivity contribution in [3.05, 3.63) is 101 Å². The normalized spacial score (nSPS) is 12.6. The van der Waals surface area contributed by atoms with Gasteiger partial charge in [0.1, 0.15) is 0 Å². The minimum absolute atomic E-state index is 0.0313. The van der Waals surface area contributed by atoms with Crippen molar-refractivity contribution in [3.8, 4) is 0 Å². The van der Waals surface area contributed by atoms with Crippen LogP contribution in [-0.4, -0.2) is 26.8 Å². The second-order valence-corrected chi connectivity index (χ2v) is 8.47. The maximum Gasteiger partial charge on any atom is 0.284 e. The number of sulfonamides is 1. The predicted octanol–water partition coefficient (Wildman–Crippen LogP) is 5.27. The Morgan fingerprint density at radius 3 is 2.13 bits per heavy atom. The molecule has 0 radical (unpaired) electrons. The Bertz CT molecular complexity index is 1160. The number of hydrogen-bond donors (Lipinski definition) is 0. The van der Waals surface area contributed by atoms with Crippen LogP contribution in [0.15, 0.2) is 93.1 Å². The predicted molar refractivity (Wildman–Crippen MR) is 121 cm³/mol. The summed E-state index contributed by atoms with van der Waals surface area (Å²) in [4.78, 5) is 4.53. The topological polar surface area (TPSA) is 68.1 Å². The second-order valence-electron chi connectivity index (χ2n) is 6.43. The van der Waals surface area contributed by atoms with Gasteiger partial charge in [-0.15, -0.1) is 4.40 Å². The van der Waals surface area contributed by atoms with E-state index in [0.29, 0.717) is 23.1 Å². The van der Waals surface area contributed by atoms with E-state index in [1.807, 2.05) is 44.2 Å². The molecular weight excluding hydrogens is 420 g/mol. The fourth-order valence-electron chi connectivity index (χ4n) is 2.61. The Balaban J connectivity index is 2.14. The molecule has 0 unspecified atom stereocenters. The van der Waals surface area contributed by atoms with Gasteiger partial charge in [0, 0.05) is 16.1 Å². The number of rotatable bonds is 5. The summed E-state index contributed by atoms with van der Waals surface area (Å²) in [5.41, 5.74) is 2.38. The summed E-state index contributed by atoms with van der Waals surface area (Å²) in [5, 5.41) is 0.442. The number of nitrogens with zero attached hydrogens (tertiary/aromatic N) is 2. The Morgan fingerprint density at radius 1 is 0.900 bits per heavy atom. The largest absolute Gasteiger partial charge is 0.477 e. The first-order valence-corrected chi connectivity index (χ1v) is 11.2. The van der Waals surface area contributed by atoms with Crippen molar-refractivity contribution in [3.63, 3.8) is 0 Å². The smallest absolute Gasteiger partial charge is 0.284 e. The van der Waals surface area contributed by atoms with Gasteiger partial charge in [-0.1, -0.05) is 59.6 Å². The van der Waals surface area contributed by atoms with E-state index in [9.17, 15) is 8.42 Å². The molecule has 3 aromatic rings. The summed E-state index contributed by atoms with van der Waals surface area (Å²) in [6, 6.07) is 22.4. The minimum Gasteiger partial charge on any atom is -0.477 e. The number of benzene rings is 3. The van der Waals surface area contributed by atoms with Crippen LogP contribution in [0.4, 0.5) is 0 Å². The van der Waals surface area contributed by atoms with E-state index in [0.717, 1.165) is 11.1 Å². The molecule has 3 rings (SSSR count). The number of ether oxygens (including phenoxy) is 1. The molecule has 5 nitrogen and oxygen atoms in total. The van der Waals surface area contributed by atoms with E-state index in [-0.39, 0.29) is 10.7 Å². The van der Waals surface area contributed by atoms with Crippen LogP contribution >= 0.6 is 11.6 Å². The van der Waals surface area contributed by atoms with Crippen molar-refractivity contribution in [2.45, 2.75) is 18.7 Å². The number of hydrogen-bond acceptors (Lipinski definition) is 3. The summed E-state index contributed by atoms with van der Waals surface area (Å²) in [6.45, 7) is 4.20. The molecule has 0 bridgehead atoms. The van der Waals surface area contributed by atoms with Gasteiger partial charge in [-0.2, -0.15) is 13.4 Å². The standard InChI is InChI=1S/C23H21ClN2O3S/c1-3-29-23(19-11-9-17(2)10-12-19)25-22(18-7-5-4-6-8-18)26-30(27,28)21-15-13-20(24)14-16-21/h4-16H,3H2,1-2H3. The highest BCUT2D eigenvalue weighted by molar-refractivity contribution is 7.90. The molecule has 0 saturated carbocycles. The van der Waals surface area contributed by atoms with Crippen molar-refractivity contribution in [1.29, 1.82) is 0 Å². The Hall–Kier alpha value is -2.96. The van der Waals surface area contributed by atoms with E-state index < -0.39 is 10.0 Å². The van der Waals surface area contributed by atoms with Crippen LogP contribution in [-0.2, 0) is 14.8 Å². The first-order chi connectivity index (χ1) is 14.4. The Kier molecular flexibility index (Phi) is 7.03. The van der Waals surface area contributed by atoms with Crippen molar-refractivity contribution in [1.82, 2.24) is 0 Å². The van der Waals surface area contributed by atoms with E-state index in [4.69, 9.17) is 16.3 Å². The zero-order valence-corrected chi connectivity index (χ0v) is 18.2. The van der Waals surface area contributed by atoms with Crippen LogP contribution in [0.2, 0.25) is 5.02 Å². The Labute approximate surface area is 181 Å². The van der Waals surface area contributed by atoms with Gasteiger partial charge in [-0.05, 0) is 50.2 Å². The lowest BCUT2D eigenvalue weighted by atomic mass is 10.1. The van der Waals surface area contributed by atoms with Crippen molar-refractivity contribution >= 4 is 33.4 Å². The van der Waals surface area contributed by atoms with Gasteiger partial charge >= 0.3 is 0 Å². The van der Waals surface area contributed by atoms with Gasteiger partial charge < -0.3 is 4.74 Å². The van der Waals surface area contributed by atoms with E-state index in [1.54, 1.807) is 24.3 Å². The van der Waals surface area contributed by atoms with E-state index >= 15 is 0 Å². The zero-order valence-electron chi connectivity index (χ0n) is 16.6. The average molecular weight is 441 g/mol. The summed E-state index contributed by atoms with van der Waals surface area (Å²) in [7, 11) is -4.01. The lowest BCUT2D eigenvalue weighted by Gasteiger charge is -2.10. The third-order valence-electron chi connectivity index (χ3n) is 4.14. The molecule has 0 aromatic heterocycles. The van der Waals surface area contributed by atoms with Gasteiger partial charge in [-0.3, -0.25) is 0 Å². The molecule has 0 fully saturated rings. The second kappa shape index (κ2) is 9.69. The molecule has 0 N–H and O–H groups in total. The zero-order chi connectivity index (χ0) is 21.6. The third-order valence-corrected chi connectivity index (χ3v) is 5.67. The maximum atomic E-state index is 12.9. The van der Waals surface area contributed by atoms with Crippen molar-refractivity contribution in [2.24, 2.45) is 9.39 Å². The van der Waals surface area contributed by atoms with Crippen LogP contribution in [0.25, 0.3) is 0 Å². The number of aliphatic imine (C=N–C) groups is 1. The van der Waals surface area contributed by atoms with Gasteiger partial charge in [-0.25, -0.2) is 0 Å². The molecule has 30 heavy (non-hydrogen) atoms. The molecule has 7 heteroatoms. The van der Waals surface area contributed by atoms with Gasteiger partial charge in [0.05, 0.1) is 11.5 Å². The molecule has 0 aliphatic heterocycles. The highest BCUT2D eigenvalue weighted by Crippen LogP contribution is 2.18. The number of aryl methyl sites for hydroxylation is 1. The molecule has 0 heterocycles. The monoisotopic (exact) mass is 440 g/mol. The molecular formula is C23H21ClN2O3S. The molecule has 0 amide bonds. The van der Waals surface area contributed by atoms with Crippen molar-refractivity contribution < 1.29 is 13.2 Å². The summed E-state index contributed by atoms with van der Waals surface area (Å²) < 4.78 is 35.5. The van der Waals surface area contributed by atoms with E-state index in [2.05, 4.69) is 9.39 Å². The number of amidine groups is 1. The highest BCUT2D eigenvalue weighted by atomic mass is 35.5. The van der Waals surface area contributed by atoms with Crippen molar-refractivity contribution in [2.75, 3.05) is 6.61 Å². The Morgan fingerprint density at radius 2 is 1.53 bits per heavy atom.